The van der Waals surface area contributed by atoms with Crippen LogP contribution in [-0.4, -0.2) is 49.0 Å². The van der Waals surface area contributed by atoms with Gasteiger partial charge in [0.15, 0.2) is 17.9 Å². The zero-order valence-corrected chi connectivity index (χ0v) is 22.6. The van der Waals surface area contributed by atoms with Crippen molar-refractivity contribution in [3.8, 4) is 0 Å². The van der Waals surface area contributed by atoms with Gasteiger partial charge in [-0.15, -0.1) is 0 Å². The van der Waals surface area contributed by atoms with E-state index in [0.29, 0.717) is 41.9 Å². The fraction of sp³-hybridized carbons (Fsp3) is 0.800. The predicted molar refractivity (Wildman–Crippen MR) is 136 cm³/mol. The van der Waals surface area contributed by atoms with Crippen LogP contribution >= 0.6 is 0 Å². The van der Waals surface area contributed by atoms with Crippen LogP contribution in [0.5, 0.6) is 0 Å². The largest absolute Gasteiger partial charge is 0.396 e. The Morgan fingerprint density at radius 2 is 1.72 bits per heavy atom. The maximum absolute atomic E-state index is 13.9. The third-order valence-electron chi connectivity index (χ3n) is 10.8. The number of likely N-dealkylation sites (tertiary alicyclic amines) is 1. The third-order valence-corrected chi connectivity index (χ3v) is 10.8. The van der Waals surface area contributed by atoms with Gasteiger partial charge in [-0.3, -0.25) is 0 Å². The molecule has 2 heterocycles. The van der Waals surface area contributed by atoms with E-state index in [1.54, 1.807) is 6.07 Å². The van der Waals surface area contributed by atoms with E-state index in [2.05, 4.69) is 32.6 Å². The summed E-state index contributed by atoms with van der Waals surface area (Å²) in [7, 11) is 0. The lowest BCUT2D eigenvalue weighted by molar-refractivity contribution is -0.314. The molecule has 0 aromatic heterocycles. The Kier molecular flexibility index (Phi) is 7.30. The molecule has 4 nitrogen and oxygen atoms in total. The van der Waals surface area contributed by atoms with Crippen LogP contribution in [0.3, 0.4) is 0 Å². The molecule has 0 spiro atoms. The molecule has 2 aliphatic carbocycles. The molecule has 2 saturated heterocycles. The molecule has 2 aliphatic heterocycles. The summed E-state index contributed by atoms with van der Waals surface area (Å²) in [5, 5.41) is 9.50. The monoisotopic (exact) mass is 505 g/mol. The minimum absolute atomic E-state index is 0.0572. The zero-order chi connectivity index (χ0) is 25.7. The fourth-order valence-electron chi connectivity index (χ4n) is 8.70. The maximum Gasteiger partial charge on any atom is 0.184 e. The summed E-state index contributed by atoms with van der Waals surface area (Å²) in [6, 6.07) is 3.93. The van der Waals surface area contributed by atoms with Crippen molar-refractivity contribution < 1.29 is 23.4 Å². The Bertz CT molecular complexity index is 933. The van der Waals surface area contributed by atoms with E-state index in [0.717, 1.165) is 51.4 Å². The van der Waals surface area contributed by atoms with Crippen molar-refractivity contribution in [1.82, 2.24) is 4.90 Å². The molecular weight excluding hydrogens is 460 g/mol. The SMILES string of the molecule is CC1(C)CCC2[C@]3(C)CO[C@@H](c4ccc(F)c(F)c4)O[C@@H]3CC[C@@]2(C)[C@@H]1CCN1CCC(CO)CC1. The maximum atomic E-state index is 13.9. The van der Waals surface area contributed by atoms with Gasteiger partial charge in [0.1, 0.15) is 0 Å². The van der Waals surface area contributed by atoms with Gasteiger partial charge in [0.2, 0.25) is 0 Å². The van der Waals surface area contributed by atoms with E-state index in [1.165, 1.54) is 25.3 Å². The minimum Gasteiger partial charge on any atom is -0.396 e. The van der Waals surface area contributed by atoms with Gasteiger partial charge in [0, 0.05) is 17.6 Å². The second kappa shape index (κ2) is 9.91. The summed E-state index contributed by atoms with van der Waals surface area (Å²) in [4.78, 5) is 2.61. The molecule has 0 radical (unpaired) electrons. The van der Waals surface area contributed by atoms with Crippen molar-refractivity contribution in [3.05, 3.63) is 35.4 Å². The molecule has 202 valence electrons. The summed E-state index contributed by atoms with van der Waals surface area (Å²) in [5.41, 5.74) is 0.980. The quantitative estimate of drug-likeness (QED) is 0.508. The molecule has 2 saturated carbocycles. The van der Waals surface area contributed by atoms with Gasteiger partial charge in [-0.05, 0) is 105 Å². The Morgan fingerprint density at radius 1 is 0.972 bits per heavy atom. The number of rotatable bonds is 5. The molecule has 4 aliphatic rings. The Labute approximate surface area is 215 Å². The molecular formula is C30H45F2NO3. The van der Waals surface area contributed by atoms with Crippen molar-refractivity contribution in [3.63, 3.8) is 0 Å². The highest BCUT2D eigenvalue weighted by Crippen LogP contribution is 2.66. The summed E-state index contributed by atoms with van der Waals surface area (Å²) in [6.45, 7) is 14.1. The Morgan fingerprint density at radius 3 is 2.42 bits per heavy atom. The van der Waals surface area contributed by atoms with E-state index in [1.807, 2.05) is 0 Å². The first-order chi connectivity index (χ1) is 17.1. The lowest BCUT2D eigenvalue weighted by atomic mass is 9.42. The Balaban J connectivity index is 1.30. The van der Waals surface area contributed by atoms with E-state index < -0.39 is 17.9 Å². The number of halogens is 2. The highest BCUT2D eigenvalue weighted by atomic mass is 19.2. The minimum atomic E-state index is -0.859. The summed E-state index contributed by atoms with van der Waals surface area (Å²) >= 11 is 0. The number of ether oxygens (including phenoxy) is 2. The highest BCUT2D eigenvalue weighted by molar-refractivity contribution is 5.20. The van der Waals surface area contributed by atoms with Crippen molar-refractivity contribution in [2.24, 2.45) is 34.0 Å². The summed E-state index contributed by atoms with van der Waals surface area (Å²) < 4.78 is 40.1. The fourth-order valence-corrected chi connectivity index (χ4v) is 8.70. The smallest absolute Gasteiger partial charge is 0.184 e. The molecule has 0 amide bonds. The van der Waals surface area contributed by atoms with E-state index in [9.17, 15) is 13.9 Å². The number of hydrogen-bond acceptors (Lipinski definition) is 4. The van der Waals surface area contributed by atoms with Gasteiger partial charge in [-0.1, -0.05) is 33.8 Å². The molecule has 36 heavy (non-hydrogen) atoms. The zero-order valence-electron chi connectivity index (χ0n) is 22.6. The van der Waals surface area contributed by atoms with Crippen LogP contribution in [0.2, 0.25) is 0 Å². The average molecular weight is 506 g/mol. The molecule has 1 unspecified atom stereocenters. The molecule has 0 bridgehead atoms. The van der Waals surface area contributed by atoms with Gasteiger partial charge in [-0.25, -0.2) is 8.78 Å². The van der Waals surface area contributed by atoms with E-state index in [-0.39, 0.29) is 16.9 Å². The summed E-state index contributed by atoms with van der Waals surface area (Å²) in [6.07, 6.45) is 7.34. The first-order valence-electron chi connectivity index (χ1n) is 14.1. The molecule has 1 aromatic carbocycles. The third kappa shape index (κ3) is 4.65. The van der Waals surface area contributed by atoms with Crippen molar-refractivity contribution >= 4 is 0 Å². The number of fused-ring (bicyclic) bond motifs is 3. The van der Waals surface area contributed by atoms with Crippen molar-refractivity contribution in [1.29, 1.82) is 0 Å². The molecule has 4 fully saturated rings. The molecule has 1 N–H and O–H groups in total. The van der Waals surface area contributed by atoms with Crippen LogP contribution in [0.15, 0.2) is 18.2 Å². The number of piperidine rings is 1. The molecule has 6 atom stereocenters. The average Bonchev–Trinajstić information content (AvgIpc) is 2.85. The summed E-state index contributed by atoms with van der Waals surface area (Å²) in [5.74, 6) is -0.0940. The standard InChI is InChI=1S/C30H45F2NO3/c1-28(2)12-7-25-29(3,24(28)11-16-33-14-9-20(18-34)10-15-33)13-8-26-30(25,4)19-35-27(36-26)21-5-6-22(31)23(32)17-21/h5-6,17,20,24-27,34H,7-16,18-19H2,1-4H3/t24-,25?,26-,27-,29+,30+/m1/s1. The van der Waals surface area contributed by atoms with Gasteiger partial charge >= 0.3 is 0 Å². The predicted octanol–water partition coefficient (Wildman–Crippen LogP) is 6.33. The van der Waals surface area contributed by atoms with Crippen LogP contribution in [0.4, 0.5) is 8.78 Å². The van der Waals surface area contributed by atoms with E-state index in [4.69, 9.17) is 9.47 Å². The topological polar surface area (TPSA) is 41.9 Å². The van der Waals surface area contributed by atoms with Crippen LogP contribution in [-0.2, 0) is 9.47 Å². The first-order valence-corrected chi connectivity index (χ1v) is 14.1. The normalized spacial score (nSPS) is 39.4. The van der Waals surface area contributed by atoms with Crippen LogP contribution in [0, 0.1) is 45.6 Å². The van der Waals surface area contributed by atoms with Crippen LogP contribution in [0.25, 0.3) is 0 Å². The number of nitrogens with zero attached hydrogens (tertiary/aromatic N) is 1. The van der Waals surface area contributed by atoms with Crippen LogP contribution in [0.1, 0.15) is 84.5 Å². The lowest BCUT2D eigenvalue weighted by Gasteiger charge is -2.65. The van der Waals surface area contributed by atoms with Crippen molar-refractivity contribution in [2.45, 2.75) is 85.0 Å². The number of aliphatic hydroxyl groups excluding tert-OH is 1. The second-order valence-electron chi connectivity index (χ2n) is 13.4. The number of benzene rings is 1. The lowest BCUT2D eigenvalue weighted by Crippen LogP contribution is -2.62. The van der Waals surface area contributed by atoms with Gasteiger partial charge < -0.3 is 19.5 Å². The van der Waals surface area contributed by atoms with E-state index >= 15 is 0 Å². The van der Waals surface area contributed by atoms with Crippen LogP contribution < -0.4 is 0 Å². The molecule has 5 rings (SSSR count). The molecule has 6 heteroatoms. The first kappa shape index (κ1) is 26.5. The number of hydrogen-bond donors (Lipinski definition) is 1. The van der Waals surface area contributed by atoms with Crippen molar-refractivity contribution in [2.75, 3.05) is 32.8 Å². The Hall–Kier alpha value is -1.08. The number of aliphatic hydroxyl groups is 1. The highest BCUT2D eigenvalue weighted by Gasteiger charge is 2.62. The second-order valence-corrected chi connectivity index (χ2v) is 13.4. The van der Waals surface area contributed by atoms with Gasteiger partial charge in [0.05, 0.1) is 12.7 Å². The van der Waals surface area contributed by atoms with Gasteiger partial charge in [0.25, 0.3) is 0 Å². The van der Waals surface area contributed by atoms with Gasteiger partial charge in [-0.2, -0.15) is 0 Å². The molecule has 1 aromatic rings.